The van der Waals surface area contributed by atoms with Crippen LogP contribution in [0.1, 0.15) is 149 Å². The molecule has 9 heterocycles. The smallest absolute Gasteiger partial charge is 0.194 e. The average molecular weight is 1170 g/mol. The van der Waals surface area contributed by atoms with E-state index in [0.29, 0.717) is 47.7 Å². The van der Waals surface area contributed by atoms with Gasteiger partial charge in [-0.1, -0.05) is 140 Å². The second kappa shape index (κ2) is 16.5. The number of hydrogen-bond donors (Lipinski definition) is 0. The fraction of sp³-hybridized carbons (Fsp3) is 0.195. The summed E-state index contributed by atoms with van der Waals surface area (Å²) in [7, 11) is 0. The third kappa shape index (κ3) is 5.57. The van der Waals surface area contributed by atoms with Gasteiger partial charge in [-0.3, -0.25) is 0 Å². The summed E-state index contributed by atoms with van der Waals surface area (Å²) in [6, 6.07) is 90.8. The number of aryl methyl sites for hydroxylation is 4. The van der Waals surface area contributed by atoms with Crippen LogP contribution in [0.2, 0.25) is 0 Å². The van der Waals surface area contributed by atoms with Crippen LogP contribution >= 0.6 is 0 Å². The molecule has 0 bridgehead atoms. The van der Waals surface area contributed by atoms with Crippen molar-refractivity contribution in [2.75, 3.05) is 0 Å². The Balaban J connectivity index is 0.692. The third-order valence-electron chi connectivity index (χ3n) is 25.4. The summed E-state index contributed by atoms with van der Waals surface area (Å²) in [5.74, 6) is 2.49. The SMILES string of the molecule is Cc1cc2c(cc1C)-c1cccc(C3(c4cccc5[n+]4C4CC4c4cc(Cc6ccc7c(c6)-c6ccccc6C76c7cccc8[n+]7C7C9c%10c(cccc%10-8)/C=C\c8cccc%10c8C8C9C7C8[n+]7c-%10cccc76)c(C)cc4-5)c4ccccc4-c4ccccc43)[n+]1CC2. The third-order valence-corrected chi connectivity index (χ3v) is 25.4. The van der Waals surface area contributed by atoms with Crippen LogP contribution in [0.3, 0.4) is 0 Å². The van der Waals surface area contributed by atoms with Crippen molar-refractivity contribution in [3.63, 3.8) is 0 Å². The van der Waals surface area contributed by atoms with E-state index in [1.165, 1.54) is 162 Å². The van der Waals surface area contributed by atoms with Crippen LogP contribution in [0.25, 0.3) is 79.4 Å². The molecule has 4 aromatic heterocycles. The Morgan fingerprint density at radius 2 is 0.901 bits per heavy atom. The van der Waals surface area contributed by atoms with Gasteiger partial charge < -0.3 is 0 Å². The molecule has 428 valence electrons. The zero-order valence-electron chi connectivity index (χ0n) is 51.3. The van der Waals surface area contributed by atoms with Crippen LogP contribution < -0.4 is 18.3 Å². The van der Waals surface area contributed by atoms with Crippen molar-refractivity contribution >= 4 is 12.2 Å². The molecule has 4 heteroatoms. The van der Waals surface area contributed by atoms with Crippen LogP contribution in [0.4, 0.5) is 0 Å². The molecule has 4 nitrogen and oxygen atoms in total. The summed E-state index contributed by atoms with van der Waals surface area (Å²) >= 11 is 0. The molecule has 91 heavy (non-hydrogen) atoms. The fourth-order valence-corrected chi connectivity index (χ4v) is 21.8. The van der Waals surface area contributed by atoms with Crippen molar-refractivity contribution in [3.05, 3.63) is 331 Å². The molecule has 3 fully saturated rings. The largest absolute Gasteiger partial charge is 0.213 e. The van der Waals surface area contributed by atoms with Crippen LogP contribution in [-0.4, -0.2) is 0 Å². The van der Waals surface area contributed by atoms with E-state index in [1.807, 2.05) is 0 Å². The second-order valence-corrected chi connectivity index (χ2v) is 28.9. The molecule has 0 amide bonds. The van der Waals surface area contributed by atoms with Gasteiger partial charge in [-0.25, -0.2) is 0 Å². The van der Waals surface area contributed by atoms with Gasteiger partial charge in [0.15, 0.2) is 35.5 Å². The molecule has 0 saturated heterocycles. The zero-order valence-corrected chi connectivity index (χ0v) is 51.3. The number of pyridine rings is 4. The summed E-state index contributed by atoms with van der Waals surface area (Å²) in [6.07, 6.45) is 7.95. The first-order valence-electron chi connectivity index (χ1n) is 33.7. The van der Waals surface area contributed by atoms with E-state index in [-0.39, 0.29) is 0 Å². The molecule has 3 saturated carbocycles. The van der Waals surface area contributed by atoms with Gasteiger partial charge in [0.2, 0.25) is 45.6 Å². The highest BCUT2D eigenvalue weighted by Crippen LogP contribution is 2.77. The van der Waals surface area contributed by atoms with Crippen LogP contribution in [0.5, 0.6) is 0 Å². The quantitative estimate of drug-likeness (QED) is 0.156. The van der Waals surface area contributed by atoms with Crippen molar-refractivity contribution in [2.45, 2.75) is 93.3 Å². The van der Waals surface area contributed by atoms with Gasteiger partial charge >= 0.3 is 0 Å². The highest BCUT2D eigenvalue weighted by Gasteiger charge is 2.81. The number of aromatic nitrogens is 4. The van der Waals surface area contributed by atoms with E-state index in [2.05, 4.69) is 276 Å². The standard InChI is InChI=1S/C87H64N4/c1-47-40-53-38-39-88-69(60(53)41-48(47)2)26-12-30-74(88)86(65-23-7-4-18-55(65)56-19-5-8-24-66(56)86)75-31-15-29-72-63-42-49(3)54(45-61(63)64-46-73(64)89(72)75)43-50-34-37-68-62(44-50)57-20-6-9-25-67(57)87(68)76-32-13-27-70-58-21-10-16-51-35-36-52-17-11-22-59-71-28-14-33-77(87)91(71)85-82(79(52)59)80-81(78(51)58)84(83(80)85)90(70)76/h4-37,40-42,44-45,64,73,80-85H,38-39,43,46H2,1-3H3/q+4/b36-35-. The second-order valence-electron chi connectivity index (χ2n) is 28.9. The summed E-state index contributed by atoms with van der Waals surface area (Å²) in [5.41, 5.74) is 42.3. The number of fused-ring (bicyclic) bond motifs is 21. The average Bonchev–Trinajstić information content (AvgIpc) is 1.61. The lowest BCUT2D eigenvalue weighted by atomic mass is 9.37. The molecular weight excluding hydrogens is 1100 g/mol. The van der Waals surface area contributed by atoms with Gasteiger partial charge in [0.05, 0.1) is 40.4 Å². The minimum atomic E-state index is -0.559. The maximum Gasteiger partial charge on any atom is 0.213 e. The number of hydrogen-bond acceptors (Lipinski definition) is 0. The molecule has 6 atom stereocenters. The van der Waals surface area contributed by atoms with Crippen molar-refractivity contribution in [2.24, 2.45) is 11.8 Å². The van der Waals surface area contributed by atoms with Gasteiger partial charge in [0.1, 0.15) is 0 Å². The van der Waals surface area contributed by atoms with Gasteiger partial charge in [-0.05, 0) is 181 Å². The minimum Gasteiger partial charge on any atom is -0.194 e. The van der Waals surface area contributed by atoms with Crippen LogP contribution in [0, 0.1) is 32.6 Å². The normalized spacial score (nSPS) is 24.6. The molecule has 5 aliphatic heterocycles. The molecule has 6 aliphatic carbocycles. The summed E-state index contributed by atoms with van der Waals surface area (Å²) in [4.78, 5) is 0. The van der Waals surface area contributed by atoms with E-state index >= 15 is 0 Å². The lowest BCUT2D eigenvalue weighted by molar-refractivity contribution is -0.818. The summed E-state index contributed by atoms with van der Waals surface area (Å²) in [6.45, 7) is 7.87. The van der Waals surface area contributed by atoms with E-state index in [4.69, 9.17) is 0 Å². The number of rotatable bonds is 4. The van der Waals surface area contributed by atoms with Crippen molar-refractivity contribution in [3.8, 4) is 67.3 Å². The molecule has 8 aromatic carbocycles. The first-order valence-corrected chi connectivity index (χ1v) is 33.7. The maximum absolute atomic E-state index is 2.92. The predicted octanol–water partition coefficient (Wildman–Crippen LogP) is 16.4. The Labute approximate surface area is 530 Å². The first kappa shape index (κ1) is 49.0. The van der Waals surface area contributed by atoms with E-state index in [0.717, 1.165) is 25.8 Å². The van der Waals surface area contributed by atoms with Crippen LogP contribution in [0.15, 0.2) is 224 Å². The molecule has 12 aromatic rings. The zero-order chi connectivity index (χ0) is 59.2. The minimum absolute atomic E-state index is 0.364. The summed E-state index contributed by atoms with van der Waals surface area (Å²) < 4.78 is 11.4. The van der Waals surface area contributed by atoms with Crippen molar-refractivity contribution < 1.29 is 18.3 Å². The maximum atomic E-state index is 2.92. The highest BCUT2D eigenvalue weighted by atomic mass is 15.2. The van der Waals surface area contributed by atoms with E-state index in [9.17, 15) is 0 Å². The molecule has 23 rings (SSSR count). The molecular formula is C87H64N4+4. The Bertz CT molecular complexity index is 5340. The Kier molecular flexibility index (Phi) is 8.89. The fourth-order valence-electron chi connectivity index (χ4n) is 21.8. The van der Waals surface area contributed by atoms with Gasteiger partial charge in [0.25, 0.3) is 0 Å². The van der Waals surface area contributed by atoms with Gasteiger partial charge in [-0.15, -0.1) is 0 Å². The predicted molar refractivity (Wildman–Crippen MR) is 357 cm³/mol. The Morgan fingerprint density at radius 1 is 0.396 bits per heavy atom. The van der Waals surface area contributed by atoms with E-state index < -0.39 is 10.8 Å². The lowest BCUT2D eigenvalue weighted by Crippen LogP contribution is -2.79. The Morgan fingerprint density at radius 3 is 1.54 bits per heavy atom. The van der Waals surface area contributed by atoms with Crippen molar-refractivity contribution in [1.82, 2.24) is 0 Å². The number of benzene rings is 8. The molecule has 11 aliphatic rings. The monoisotopic (exact) mass is 1160 g/mol. The molecule has 0 N–H and O–H groups in total. The topological polar surface area (TPSA) is 15.5 Å². The molecule has 0 radical (unpaired) electrons. The van der Waals surface area contributed by atoms with Gasteiger partial charge in [0, 0.05) is 72.9 Å². The number of nitrogens with zero attached hydrogens (tertiary/aromatic N) is 4. The highest BCUT2D eigenvalue weighted by molar-refractivity contribution is 5.89. The lowest BCUT2D eigenvalue weighted by Gasteiger charge is -2.65. The van der Waals surface area contributed by atoms with Crippen LogP contribution in [-0.2, 0) is 30.2 Å². The van der Waals surface area contributed by atoms with E-state index in [1.54, 1.807) is 11.1 Å². The molecule has 1 spiro atoms. The summed E-state index contributed by atoms with van der Waals surface area (Å²) in [5, 5.41) is 0. The van der Waals surface area contributed by atoms with Gasteiger partial charge in [-0.2, -0.15) is 18.3 Å². The first-order chi connectivity index (χ1) is 44.9. The van der Waals surface area contributed by atoms with Crippen molar-refractivity contribution in [1.29, 1.82) is 0 Å². The molecule has 6 unspecified atom stereocenters. The Hall–Kier alpha value is -9.90.